The molecule has 0 bridgehead atoms. The number of allylic oxidation sites excluding steroid dienone is 3. The second-order valence-electron chi connectivity index (χ2n) is 5.76. The zero-order chi connectivity index (χ0) is 16.6. The van der Waals surface area contributed by atoms with Gasteiger partial charge in [0.1, 0.15) is 0 Å². The van der Waals surface area contributed by atoms with Crippen LogP contribution in [-0.2, 0) is 0 Å². The van der Waals surface area contributed by atoms with Crippen molar-refractivity contribution < 1.29 is 0 Å². The third kappa shape index (κ3) is 4.59. The normalized spacial score (nSPS) is 16.8. The molecule has 24 heavy (non-hydrogen) atoms. The van der Waals surface area contributed by atoms with Crippen LogP contribution in [0.25, 0.3) is 0 Å². The van der Waals surface area contributed by atoms with E-state index in [0.29, 0.717) is 0 Å². The molecule has 0 spiro atoms. The standard InChI is InChI=1S/C21H21ClN2/c22-21-17(14-15-23-19-10-3-1-4-11-19)8-7-9-18(21)16-24-20-12-5-2-6-13-20/h1-6,10-14,16,23H,7-9,15H2. The van der Waals surface area contributed by atoms with Crippen molar-refractivity contribution in [2.24, 2.45) is 4.99 Å². The Kier molecular flexibility index (Phi) is 5.86. The van der Waals surface area contributed by atoms with Crippen molar-refractivity contribution >= 4 is 29.2 Å². The van der Waals surface area contributed by atoms with Gasteiger partial charge in [0.2, 0.25) is 0 Å². The van der Waals surface area contributed by atoms with Crippen molar-refractivity contribution in [2.45, 2.75) is 19.3 Å². The second kappa shape index (κ2) is 8.51. The number of anilines is 1. The highest BCUT2D eigenvalue weighted by Gasteiger charge is 2.14. The Balaban J connectivity index is 1.67. The van der Waals surface area contributed by atoms with Gasteiger partial charge in [-0.25, -0.2) is 0 Å². The first kappa shape index (κ1) is 16.5. The predicted octanol–water partition coefficient (Wildman–Crippen LogP) is 6.10. The van der Waals surface area contributed by atoms with Gasteiger partial charge in [-0.3, -0.25) is 4.99 Å². The molecule has 122 valence electrons. The Morgan fingerprint density at radius 3 is 2.42 bits per heavy atom. The molecule has 0 atom stereocenters. The average molecular weight is 337 g/mol. The summed E-state index contributed by atoms with van der Waals surface area (Å²) in [5.41, 5.74) is 4.41. The monoisotopic (exact) mass is 336 g/mol. The molecular formula is C21H21ClN2. The number of halogens is 1. The van der Waals surface area contributed by atoms with E-state index in [9.17, 15) is 0 Å². The van der Waals surface area contributed by atoms with Crippen LogP contribution in [0.2, 0.25) is 0 Å². The van der Waals surface area contributed by atoms with E-state index in [2.05, 4.69) is 28.5 Å². The Morgan fingerprint density at radius 1 is 0.958 bits per heavy atom. The molecule has 0 aliphatic heterocycles. The summed E-state index contributed by atoms with van der Waals surface area (Å²) < 4.78 is 0. The largest absolute Gasteiger partial charge is 0.382 e. The van der Waals surface area contributed by atoms with E-state index in [0.717, 1.165) is 47.8 Å². The lowest BCUT2D eigenvalue weighted by molar-refractivity contribution is 0.798. The second-order valence-corrected chi connectivity index (χ2v) is 6.14. The fourth-order valence-electron chi connectivity index (χ4n) is 2.72. The lowest BCUT2D eigenvalue weighted by Crippen LogP contribution is -2.04. The zero-order valence-electron chi connectivity index (χ0n) is 13.6. The Hall–Kier alpha value is -2.32. The zero-order valence-corrected chi connectivity index (χ0v) is 14.3. The van der Waals surface area contributed by atoms with E-state index >= 15 is 0 Å². The first-order chi connectivity index (χ1) is 11.8. The molecule has 0 saturated carbocycles. The Labute approximate surface area is 148 Å². The van der Waals surface area contributed by atoms with Crippen LogP contribution >= 0.6 is 11.6 Å². The first-order valence-corrected chi connectivity index (χ1v) is 8.67. The van der Waals surface area contributed by atoms with Crippen LogP contribution in [0.15, 0.2) is 87.9 Å². The maximum Gasteiger partial charge on any atom is 0.0629 e. The molecule has 2 nitrogen and oxygen atoms in total. The van der Waals surface area contributed by atoms with Crippen molar-refractivity contribution in [2.75, 3.05) is 11.9 Å². The number of hydrogen-bond acceptors (Lipinski definition) is 2. The lowest BCUT2D eigenvalue weighted by Gasteiger charge is -2.17. The van der Waals surface area contributed by atoms with Crippen molar-refractivity contribution in [3.63, 3.8) is 0 Å². The summed E-state index contributed by atoms with van der Waals surface area (Å²) in [5.74, 6) is 0. The Bertz CT molecular complexity index is 746. The van der Waals surface area contributed by atoms with E-state index in [-0.39, 0.29) is 0 Å². The summed E-state index contributed by atoms with van der Waals surface area (Å²) in [4.78, 5) is 4.53. The molecule has 0 aromatic heterocycles. The molecule has 0 unspecified atom stereocenters. The van der Waals surface area contributed by atoms with Gasteiger partial charge < -0.3 is 5.32 Å². The van der Waals surface area contributed by atoms with Gasteiger partial charge in [0, 0.05) is 23.5 Å². The summed E-state index contributed by atoms with van der Waals surface area (Å²) in [6.45, 7) is 0.776. The fourth-order valence-corrected chi connectivity index (χ4v) is 3.04. The minimum atomic E-state index is 0.776. The van der Waals surface area contributed by atoms with Crippen LogP contribution in [0, 0.1) is 0 Å². The van der Waals surface area contributed by atoms with Crippen LogP contribution in [0.3, 0.4) is 0 Å². The lowest BCUT2D eigenvalue weighted by atomic mass is 9.95. The summed E-state index contributed by atoms with van der Waals surface area (Å²) in [7, 11) is 0. The Morgan fingerprint density at radius 2 is 1.67 bits per heavy atom. The van der Waals surface area contributed by atoms with Crippen LogP contribution in [-0.4, -0.2) is 12.8 Å². The van der Waals surface area contributed by atoms with E-state index in [1.165, 1.54) is 5.57 Å². The predicted molar refractivity (Wildman–Crippen MR) is 104 cm³/mol. The van der Waals surface area contributed by atoms with Crippen LogP contribution in [0.5, 0.6) is 0 Å². The van der Waals surface area contributed by atoms with Gasteiger partial charge >= 0.3 is 0 Å². The highest BCUT2D eigenvalue weighted by atomic mass is 35.5. The number of benzene rings is 2. The van der Waals surface area contributed by atoms with Crippen LogP contribution < -0.4 is 5.32 Å². The number of nitrogens with one attached hydrogen (secondary N) is 1. The molecule has 1 aliphatic rings. The SMILES string of the molecule is ClC1=C(C=Nc2ccccc2)CCCC1=CCNc1ccccc1. The van der Waals surface area contributed by atoms with Crippen molar-refractivity contribution in [3.05, 3.63) is 82.9 Å². The van der Waals surface area contributed by atoms with Gasteiger partial charge in [0.05, 0.1) is 5.69 Å². The molecule has 0 amide bonds. The highest BCUT2D eigenvalue weighted by Crippen LogP contribution is 2.31. The first-order valence-electron chi connectivity index (χ1n) is 8.29. The van der Waals surface area contributed by atoms with Crippen molar-refractivity contribution in [1.29, 1.82) is 0 Å². The molecule has 3 rings (SSSR count). The topological polar surface area (TPSA) is 24.4 Å². The third-order valence-electron chi connectivity index (χ3n) is 4.01. The van der Waals surface area contributed by atoms with Gasteiger partial charge in [-0.2, -0.15) is 0 Å². The summed E-state index contributed by atoms with van der Waals surface area (Å²) in [6.07, 6.45) is 7.22. The summed E-state index contributed by atoms with van der Waals surface area (Å²) in [6, 6.07) is 20.2. The highest BCUT2D eigenvalue weighted by molar-refractivity contribution is 6.33. The van der Waals surface area contributed by atoms with E-state index in [1.54, 1.807) is 0 Å². The fraction of sp³-hybridized carbons (Fsp3) is 0.190. The number of para-hydroxylation sites is 2. The third-order valence-corrected chi connectivity index (χ3v) is 4.50. The van der Waals surface area contributed by atoms with Gasteiger partial charge in [-0.05, 0) is 54.7 Å². The molecule has 3 heteroatoms. The summed E-state index contributed by atoms with van der Waals surface area (Å²) >= 11 is 6.59. The maximum absolute atomic E-state index is 6.59. The van der Waals surface area contributed by atoms with E-state index in [1.807, 2.05) is 54.7 Å². The van der Waals surface area contributed by atoms with Crippen molar-refractivity contribution in [3.8, 4) is 0 Å². The minimum absolute atomic E-state index is 0.776. The molecule has 0 saturated heterocycles. The van der Waals surface area contributed by atoms with Crippen LogP contribution in [0.4, 0.5) is 11.4 Å². The van der Waals surface area contributed by atoms with Crippen LogP contribution in [0.1, 0.15) is 19.3 Å². The number of aliphatic imine (C=N–C) groups is 1. The number of nitrogens with zero attached hydrogens (tertiary/aromatic N) is 1. The molecule has 1 aliphatic carbocycles. The van der Waals surface area contributed by atoms with Gasteiger partial charge in [-0.1, -0.05) is 54.1 Å². The number of rotatable bonds is 5. The minimum Gasteiger partial charge on any atom is -0.382 e. The van der Waals surface area contributed by atoms with Gasteiger partial charge in [0.25, 0.3) is 0 Å². The smallest absolute Gasteiger partial charge is 0.0629 e. The molecule has 2 aromatic carbocycles. The molecule has 0 radical (unpaired) electrons. The van der Waals surface area contributed by atoms with E-state index in [4.69, 9.17) is 11.6 Å². The molecule has 1 N–H and O–H groups in total. The van der Waals surface area contributed by atoms with Gasteiger partial charge in [0.15, 0.2) is 0 Å². The van der Waals surface area contributed by atoms with Crippen molar-refractivity contribution in [1.82, 2.24) is 0 Å². The average Bonchev–Trinajstić information content (AvgIpc) is 2.64. The molecule has 2 aromatic rings. The van der Waals surface area contributed by atoms with E-state index < -0.39 is 0 Å². The maximum atomic E-state index is 6.59. The summed E-state index contributed by atoms with van der Waals surface area (Å²) in [5, 5.41) is 4.25. The molecule has 0 heterocycles. The number of hydrogen-bond donors (Lipinski definition) is 1. The quantitative estimate of drug-likeness (QED) is 0.655. The molecule has 0 fully saturated rings. The molecular weight excluding hydrogens is 316 g/mol. The van der Waals surface area contributed by atoms with Gasteiger partial charge in [-0.15, -0.1) is 0 Å².